The predicted octanol–water partition coefficient (Wildman–Crippen LogP) is 3.43. The SMILES string of the molecule is CCC(C)C(O)c1ccc(Cl)cc1OC. The van der Waals surface area contributed by atoms with E-state index in [0.717, 1.165) is 12.0 Å². The van der Waals surface area contributed by atoms with Crippen LogP contribution in [0.15, 0.2) is 18.2 Å². The van der Waals surface area contributed by atoms with Gasteiger partial charge in [0.2, 0.25) is 0 Å². The highest BCUT2D eigenvalue weighted by molar-refractivity contribution is 6.30. The summed E-state index contributed by atoms with van der Waals surface area (Å²) in [5, 5.41) is 10.7. The van der Waals surface area contributed by atoms with Crippen molar-refractivity contribution in [1.29, 1.82) is 0 Å². The van der Waals surface area contributed by atoms with E-state index in [9.17, 15) is 5.11 Å². The zero-order valence-electron chi connectivity index (χ0n) is 9.33. The number of halogens is 1. The van der Waals surface area contributed by atoms with E-state index in [0.29, 0.717) is 10.8 Å². The molecule has 1 aromatic carbocycles. The van der Waals surface area contributed by atoms with Gasteiger partial charge >= 0.3 is 0 Å². The maximum atomic E-state index is 10.1. The number of benzene rings is 1. The number of aliphatic hydroxyl groups excluding tert-OH is 1. The van der Waals surface area contributed by atoms with Crippen LogP contribution in [-0.2, 0) is 0 Å². The molecule has 0 saturated heterocycles. The minimum Gasteiger partial charge on any atom is -0.496 e. The third-order valence-corrected chi connectivity index (χ3v) is 2.93. The molecule has 1 rings (SSSR count). The molecule has 0 radical (unpaired) electrons. The molecule has 84 valence electrons. The van der Waals surface area contributed by atoms with Crippen LogP contribution in [-0.4, -0.2) is 12.2 Å². The summed E-state index contributed by atoms with van der Waals surface area (Å²) in [5.41, 5.74) is 0.802. The van der Waals surface area contributed by atoms with E-state index in [1.165, 1.54) is 0 Å². The van der Waals surface area contributed by atoms with Crippen molar-refractivity contribution in [1.82, 2.24) is 0 Å². The number of hydrogen-bond acceptors (Lipinski definition) is 2. The van der Waals surface area contributed by atoms with Gasteiger partial charge in [-0.1, -0.05) is 37.9 Å². The molecular weight excluding hydrogens is 212 g/mol. The lowest BCUT2D eigenvalue weighted by Crippen LogP contribution is -2.09. The number of hydrogen-bond donors (Lipinski definition) is 1. The van der Waals surface area contributed by atoms with E-state index < -0.39 is 6.10 Å². The molecule has 0 saturated carbocycles. The van der Waals surface area contributed by atoms with Crippen LogP contribution in [0.4, 0.5) is 0 Å². The quantitative estimate of drug-likeness (QED) is 0.856. The molecule has 0 fully saturated rings. The Balaban J connectivity index is 3.02. The van der Waals surface area contributed by atoms with Gasteiger partial charge in [-0.2, -0.15) is 0 Å². The van der Waals surface area contributed by atoms with Crippen LogP contribution in [0.2, 0.25) is 5.02 Å². The molecule has 0 aliphatic carbocycles. The average Bonchev–Trinajstić information content (AvgIpc) is 2.26. The Kier molecular flexibility index (Phi) is 4.43. The smallest absolute Gasteiger partial charge is 0.126 e. The van der Waals surface area contributed by atoms with Gasteiger partial charge in [-0.15, -0.1) is 0 Å². The first-order chi connectivity index (χ1) is 7.10. The topological polar surface area (TPSA) is 29.5 Å². The molecule has 3 heteroatoms. The number of ether oxygens (including phenoxy) is 1. The summed E-state index contributed by atoms with van der Waals surface area (Å²) >= 11 is 5.85. The predicted molar refractivity (Wildman–Crippen MR) is 62.4 cm³/mol. The molecule has 0 aliphatic rings. The van der Waals surface area contributed by atoms with E-state index in [2.05, 4.69) is 6.92 Å². The Morgan fingerprint density at radius 1 is 1.47 bits per heavy atom. The van der Waals surface area contributed by atoms with E-state index in [-0.39, 0.29) is 5.92 Å². The van der Waals surface area contributed by atoms with Crippen molar-refractivity contribution in [2.75, 3.05) is 7.11 Å². The van der Waals surface area contributed by atoms with Crippen LogP contribution in [0.5, 0.6) is 5.75 Å². The second kappa shape index (κ2) is 5.38. The van der Waals surface area contributed by atoms with Gasteiger partial charge in [-0.05, 0) is 18.1 Å². The fourth-order valence-corrected chi connectivity index (χ4v) is 1.62. The van der Waals surface area contributed by atoms with E-state index in [1.54, 1.807) is 19.2 Å². The van der Waals surface area contributed by atoms with Crippen LogP contribution in [0.3, 0.4) is 0 Å². The van der Waals surface area contributed by atoms with Crippen LogP contribution < -0.4 is 4.74 Å². The number of aliphatic hydroxyl groups is 1. The standard InChI is InChI=1S/C12H17ClO2/c1-4-8(2)12(14)10-6-5-9(13)7-11(10)15-3/h5-8,12,14H,4H2,1-3H3. The van der Waals surface area contributed by atoms with Gasteiger partial charge in [-0.3, -0.25) is 0 Å². The highest BCUT2D eigenvalue weighted by Crippen LogP contribution is 2.33. The van der Waals surface area contributed by atoms with E-state index >= 15 is 0 Å². The molecule has 2 atom stereocenters. The fraction of sp³-hybridized carbons (Fsp3) is 0.500. The lowest BCUT2D eigenvalue weighted by Gasteiger charge is -2.20. The van der Waals surface area contributed by atoms with E-state index in [4.69, 9.17) is 16.3 Å². The van der Waals surface area contributed by atoms with Crippen LogP contribution >= 0.6 is 11.6 Å². The van der Waals surface area contributed by atoms with Gasteiger partial charge in [0.15, 0.2) is 0 Å². The first kappa shape index (κ1) is 12.3. The van der Waals surface area contributed by atoms with Crippen molar-refractivity contribution in [3.8, 4) is 5.75 Å². The van der Waals surface area contributed by atoms with Crippen molar-refractivity contribution in [2.24, 2.45) is 5.92 Å². The van der Waals surface area contributed by atoms with Crippen molar-refractivity contribution < 1.29 is 9.84 Å². The third kappa shape index (κ3) is 2.86. The van der Waals surface area contributed by atoms with Crippen molar-refractivity contribution in [3.05, 3.63) is 28.8 Å². The molecule has 2 unspecified atom stereocenters. The second-order valence-corrected chi connectivity index (χ2v) is 4.15. The second-order valence-electron chi connectivity index (χ2n) is 3.72. The normalized spacial score (nSPS) is 14.7. The highest BCUT2D eigenvalue weighted by atomic mass is 35.5. The molecule has 0 aliphatic heterocycles. The van der Waals surface area contributed by atoms with Gasteiger partial charge in [0.25, 0.3) is 0 Å². The van der Waals surface area contributed by atoms with Crippen LogP contribution in [0.25, 0.3) is 0 Å². The monoisotopic (exact) mass is 228 g/mol. The van der Waals surface area contributed by atoms with Gasteiger partial charge in [0.1, 0.15) is 5.75 Å². The van der Waals surface area contributed by atoms with Crippen LogP contribution in [0, 0.1) is 5.92 Å². The molecular formula is C12H17ClO2. The first-order valence-electron chi connectivity index (χ1n) is 5.11. The maximum absolute atomic E-state index is 10.1. The molecule has 0 spiro atoms. The third-order valence-electron chi connectivity index (χ3n) is 2.70. The largest absolute Gasteiger partial charge is 0.496 e. The summed E-state index contributed by atoms with van der Waals surface area (Å²) in [6.45, 7) is 4.06. The Bertz CT molecular complexity index is 325. The number of methoxy groups -OCH3 is 1. The minimum atomic E-state index is -0.498. The summed E-state index contributed by atoms with van der Waals surface area (Å²) in [6.07, 6.45) is 0.426. The summed E-state index contributed by atoms with van der Waals surface area (Å²) in [7, 11) is 1.58. The molecule has 0 amide bonds. The molecule has 0 heterocycles. The summed E-state index contributed by atoms with van der Waals surface area (Å²) in [5.74, 6) is 0.857. The van der Waals surface area contributed by atoms with Crippen molar-refractivity contribution in [3.63, 3.8) is 0 Å². The summed E-state index contributed by atoms with van der Waals surface area (Å²) in [4.78, 5) is 0. The Morgan fingerprint density at radius 3 is 2.67 bits per heavy atom. The Labute approximate surface area is 95.8 Å². The molecule has 0 aromatic heterocycles. The molecule has 15 heavy (non-hydrogen) atoms. The highest BCUT2D eigenvalue weighted by Gasteiger charge is 2.18. The molecule has 0 bridgehead atoms. The van der Waals surface area contributed by atoms with Crippen molar-refractivity contribution >= 4 is 11.6 Å². The summed E-state index contributed by atoms with van der Waals surface area (Å²) in [6, 6.07) is 5.31. The van der Waals surface area contributed by atoms with E-state index in [1.807, 2.05) is 13.0 Å². The molecule has 1 N–H and O–H groups in total. The zero-order chi connectivity index (χ0) is 11.4. The Hall–Kier alpha value is -0.730. The fourth-order valence-electron chi connectivity index (χ4n) is 1.46. The molecule has 1 aromatic rings. The summed E-state index contributed by atoms with van der Waals surface area (Å²) < 4.78 is 5.20. The van der Waals surface area contributed by atoms with Gasteiger partial charge in [0, 0.05) is 10.6 Å². The lowest BCUT2D eigenvalue weighted by atomic mass is 9.95. The Morgan fingerprint density at radius 2 is 2.13 bits per heavy atom. The minimum absolute atomic E-state index is 0.208. The number of rotatable bonds is 4. The average molecular weight is 229 g/mol. The van der Waals surface area contributed by atoms with Gasteiger partial charge < -0.3 is 9.84 Å². The van der Waals surface area contributed by atoms with Gasteiger partial charge in [-0.25, -0.2) is 0 Å². The van der Waals surface area contributed by atoms with Gasteiger partial charge in [0.05, 0.1) is 13.2 Å². The van der Waals surface area contributed by atoms with Crippen molar-refractivity contribution in [2.45, 2.75) is 26.4 Å². The lowest BCUT2D eigenvalue weighted by molar-refractivity contribution is 0.112. The van der Waals surface area contributed by atoms with Crippen LogP contribution in [0.1, 0.15) is 31.9 Å². The zero-order valence-corrected chi connectivity index (χ0v) is 10.1. The molecule has 2 nitrogen and oxygen atoms in total. The first-order valence-corrected chi connectivity index (χ1v) is 5.49. The maximum Gasteiger partial charge on any atom is 0.126 e.